The molecule has 4 aromatic rings. The molecular weight excluding hydrogens is 475 g/mol. The maximum atomic E-state index is 12.4. The Labute approximate surface area is 205 Å². The zero-order valence-electron chi connectivity index (χ0n) is 17.7. The van der Waals surface area contributed by atoms with Gasteiger partial charge in [-0.25, -0.2) is 10.2 Å². The van der Waals surface area contributed by atoms with Crippen LogP contribution in [0.2, 0.25) is 10.0 Å². The minimum absolute atomic E-state index is 0.190. The lowest BCUT2D eigenvalue weighted by molar-refractivity contribution is -0.123. The van der Waals surface area contributed by atoms with Gasteiger partial charge in [0.25, 0.3) is 5.91 Å². The molecule has 0 atom stereocenters. The molecule has 0 aliphatic heterocycles. The topological polar surface area (TPSA) is 77.0 Å². The van der Waals surface area contributed by atoms with Crippen molar-refractivity contribution in [1.29, 1.82) is 0 Å². The molecule has 0 heterocycles. The van der Waals surface area contributed by atoms with Crippen molar-refractivity contribution in [3.63, 3.8) is 0 Å². The molecule has 0 aromatic heterocycles. The van der Waals surface area contributed by atoms with Gasteiger partial charge in [0.05, 0.1) is 16.8 Å². The lowest BCUT2D eigenvalue weighted by Crippen LogP contribution is -2.24. The van der Waals surface area contributed by atoms with Crippen LogP contribution in [0.3, 0.4) is 0 Å². The number of hydrogen-bond acceptors (Lipinski definition) is 5. The van der Waals surface area contributed by atoms with Crippen molar-refractivity contribution < 1.29 is 19.1 Å². The van der Waals surface area contributed by atoms with E-state index in [2.05, 4.69) is 10.5 Å². The van der Waals surface area contributed by atoms with Crippen molar-refractivity contribution in [2.75, 3.05) is 6.61 Å². The number of hydrogen-bond donors (Lipinski definition) is 1. The number of nitrogens with one attached hydrogen (secondary N) is 1. The minimum atomic E-state index is -0.616. The molecule has 0 aliphatic rings. The first-order valence-corrected chi connectivity index (χ1v) is 10.9. The van der Waals surface area contributed by atoms with Crippen LogP contribution in [0.15, 0.2) is 90.0 Å². The summed E-state index contributed by atoms with van der Waals surface area (Å²) >= 11 is 11.9. The number of nitrogens with zero attached hydrogens (tertiary/aromatic N) is 1. The third-order valence-corrected chi connectivity index (χ3v) is 5.28. The van der Waals surface area contributed by atoms with E-state index in [0.717, 1.165) is 10.8 Å². The molecule has 0 fully saturated rings. The van der Waals surface area contributed by atoms with Gasteiger partial charge in [0.1, 0.15) is 11.5 Å². The predicted octanol–water partition coefficient (Wildman–Crippen LogP) is 5.89. The first-order chi connectivity index (χ1) is 16.5. The van der Waals surface area contributed by atoms with Crippen LogP contribution in [-0.4, -0.2) is 24.7 Å². The number of halogens is 2. The first kappa shape index (κ1) is 23.3. The van der Waals surface area contributed by atoms with Gasteiger partial charge in [-0.2, -0.15) is 5.10 Å². The highest BCUT2D eigenvalue weighted by Crippen LogP contribution is 2.25. The molecule has 4 aromatic carbocycles. The number of ether oxygens (including phenoxy) is 2. The van der Waals surface area contributed by atoms with E-state index in [1.807, 2.05) is 42.5 Å². The summed E-state index contributed by atoms with van der Waals surface area (Å²) in [5.41, 5.74) is 3.23. The lowest BCUT2D eigenvalue weighted by atomic mass is 10.1. The van der Waals surface area contributed by atoms with Crippen LogP contribution in [0, 0.1) is 0 Å². The summed E-state index contributed by atoms with van der Waals surface area (Å²) in [5, 5.41) is 6.51. The molecule has 0 unspecified atom stereocenters. The molecule has 0 spiro atoms. The summed E-state index contributed by atoms with van der Waals surface area (Å²) in [6.45, 7) is -0.190. The molecular formula is C26H18Cl2N2O4. The van der Waals surface area contributed by atoms with Gasteiger partial charge in [-0.3, -0.25) is 4.79 Å². The van der Waals surface area contributed by atoms with E-state index in [0.29, 0.717) is 22.1 Å². The Kier molecular flexibility index (Phi) is 7.42. The fourth-order valence-electron chi connectivity index (χ4n) is 3.15. The summed E-state index contributed by atoms with van der Waals surface area (Å²) in [6, 6.07) is 24.6. The fraction of sp³-hybridized carbons (Fsp3) is 0.0385. The van der Waals surface area contributed by atoms with E-state index in [1.165, 1.54) is 18.3 Å². The number of fused-ring (bicyclic) bond motifs is 1. The van der Waals surface area contributed by atoms with Crippen LogP contribution in [0.25, 0.3) is 10.8 Å². The van der Waals surface area contributed by atoms with Crippen molar-refractivity contribution in [2.45, 2.75) is 0 Å². The SMILES string of the molecule is O=C(COc1cccc2ccccc12)NN=Cc1cccc(OC(=O)c2ccc(Cl)cc2Cl)c1. The average molecular weight is 493 g/mol. The lowest BCUT2D eigenvalue weighted by Gasteiger charge is -2.08. The summed E-state index contributed by atoms with van der Waals surface area (Å²) in [5.74, 6) is -0.114. The van der Waals surface area contributed by atoms with Gasteiger partial charge in [-0.1, -0.05) is 71.7 Å². The molecule has 1 amide bonds. The van der Waals surface area contributed by atoms with Gasteiger partial charge in [-0.15, -0.1) is 0 Å². The number of benzene rings is 4. The standard InChI is InChI=1S/C26H18Cl2N2O4/c27-19-11-12-22(23(28)14-19)26(32)34-20-8-3-5-17(13-20)15-29-30-25(31)16-33-24-10-4-7-18-6-1-2-9-21(18)24/h1-15H,16H2,(H,30,31). The van der Waals surface area contributed by atoms with Crippen molar-refractivity contribution in [2.24, 2.45) is 5.10 Å². The Balaban J connectivity index is 1.32. The predicted molar refractivity (Wildman–Crippen MR) is 133 cm³/mol. The summed E-state index contributed by atoms with van der Waals surface area (Å²) in [6.07, 6.45) is 1.43. The zero-order valence-corrected chi connectivity index (χ0v) is 19.2. The number of esters is 1. The first-order valence-electron chi connectivity index (χ1n) is 10.2. The van der Waals surface area contributed by atoms with Gasteiger partial charge in [0.2, 0.25) is 0 Å². The Bertz CT molecular complexity index is 1380. The molecule has 1 N–H and O–H groups in total. The van der Waals surface area contributed by atoms with E-state index in [9.17, 15) is 9.59 Å². The summed E-state index contributed by atoms with van der Waals surface area (Å²) in [4.78, 5) is 24.5. The summed E-state index contributed by atoms with van der Waals surface area (Å²) in [7, 11) is 0. The van der Waals surface area contributed by atoms with Crippen LogP contribution in [-0.2, 0) is 4.79 Å². The second-order valence-electron chi connectivity index (χ2n) is 7.15. The highest BCUT2D eigenvalue weighted by Gasteiger charge is 2.13. The van der Waals surface area contributed by atoms with Crippen LogP contribution < -0.4 is 14.9 Å². The minimum Gasteiger partial charge on any atom is -0.483 e. The monoisotopic (exact) mass is 492 g/mol. The maximum Gasteiger partial charge on any atom is 0.345 e. The third kappa shape index (κ3) is 5.92. The van der Waals surface area contributed by atoms with E-state index in [1.54, 1.807) is 30.3 Å². The van der Waals surface area contributed by atoms with Crippen molar-refractivity contribution in [3.05, 3.63) is 106 Å². The summed E-state index contributed by atoms with van der Waals surface area (Å²) < 4.78 is 11.0. The number of hydrazone groups is 1. The molecule has 0 saturated heterocycles. The molecule has 0 radical (unpaired) electrons. The smallest absolute Gasteiger partial charge is 0.345 e. The average Bonchev–Trinajstić information content (AvgIpc) is 2.83. The quantitative estimate of drug-likeness (QED) is 0.151. The van der Waals surface area contributed by atoms with Crippen LogP contribution >= 0.6 is 23.2 Å². The van der Waals surface area contributed by atoms with Crippen molar-refractivity contribution in [3.8, 4) is 11.5 Å². The van der Waals surface area contributed by atoms with Gasteiger partial charge in [0.15, 0.2) is 6.61 Å². The molecule has 8 heteroatoms. The van der Waals surface area contributed by atoms with Crippen molar-refractivity contribution >= 4 is 52.1 Å². The van der Waals surface area contributed by atoms with E-state index in [4.69, 9.17) is 32.7 Å². The Hall–Kier alpha value is -3.87. The normalized spacial score (nSPS) is 10.9. The molecule has 4 rings (SSSR count). The molecule has 0 aliphatic carbocycles. The van der Waals surface area contributed by atoms with Crippen LogP contribution in [0.5, 0.6) is 11.5 Å². The van der Waals surface area contributed by atoms with Gasteiger partial charge < -0.3 is 9.47 Å². The number of rotatable bonds is 7. The fourth-order valence-corrected chi connectivity index (χ4v) is 3.64. The van der Waals surface area contributed by atoms with Crippen LogP contribution in [0.1, 0.15) is 15.9 Å². The van der Waals surface area contributed by atoms with E-state index in [-0.39, 0.29) is 17.2 Å². The Morgan fingerprint density at radius 1 is 0.912 bits per heavy atom. The van der Waals surface area contributed by atoms with Crippen molar-refractivity contribution in [1.82, 2.24) is 5.43 Å². The number of carbonyl (C=O) groups is 2. The number of amides is 1. The largest absolute Gasteiger partial charge is 0.483 e. The highest BCUT2D eigenvalue weighted by atomic mass is 35.5. The Morgan fingerprint density at radius 2 is 1.71 bits per heavy atom. The zero-order chi connectivity index (χ0) is 23.9. The number of carbonyl (C=O) groups excluding carboxylic acids is 2. The third-order valence-electron chi connectivity index (χ3n) is 4.73. The molecule has 34 heavy (non-hydrogen) atoms. The maximum absolute atomic E-state index is 12.4. The second-order valence-corrected chi connectivity index (χ2v) is 7.99. The Morgan fingerprint density at radius 3 is 2.56 bits per heavy atom. The molecule has 0 bridgehead atoms. The second kappa shape index (κ2) is 10.8. The molecule has 6 nitrogen and oxygen atoms in total. The van der Waals surface area contributed by atoms with E-state index < -0.39 is 11.9 Å². The molecule has 0 saturated carbocycles. The van der Waals surface area contributed by atoms with Crippen LogP contribution in [0.4, 0.5) is 0 Å². The van der Waals surface area contributed by atoms with Gasteiger partial charge in [-0.05, 0) is 47.3 Å². The molecule has 170 valence electrons. The van der Waals surface area contributed by atoms with Gasteiger partial charge in [0, 0.05) is 10.4 Å². The van der Waals surface area contributed by atoms with Gasteiger partial charge >= 0.3 is 5.97 Å². The van der Waals surface area contributed by atoms with E-state index >= 15 is 0 Å². The highest BCUT2D eigenvalue weighted by molar-refractivity contribution is 6.36.